The molecule has 0 radical (unpaired) electrons. The first kappa shape index (κ1) is 35.4. The van der Waals surface area contributed by atoms with Gasteiger partial charge in [-0.15, -0.1) is 11.3 Å². The van der Waals surface area contributed by atoms with Crippen LogP contribution >= 0.6 is 11.3 Å². The van der Waals surface area contributed by atoms with Crippen LogP contribution in [0.4, 0.5) is 0 Å². The van der Waals surface area contributed by atoms with Crippen molar-refractivity contribution in [1.29, 1.82) is 0 Å². The molecule has 5 aromatic heterocycles. The summed E-state index contributed by atoms with van der Waals surface area (Å²) in [5.74, 6) is 2.42. The Labute approximate surface area is 364 Å². The fourth-order valence-electron chi connectivity index (χ4n) is 8.93. The van der Waals surface area contributed by atoms with E-state index in [0.29, 0.717) is 29.0 Å². The van der Waals surface area contributed by atoms with Gasteiger partial charge in [-0.2, -0.15) is 9.97 Å². The van der Waals surface area contributed by atoms with Gasteiger partial charge in [-0.05, 0) is 53.6 Å². The van der Waals surface area contributed by atoms with Crippen LogP contribution in [0.2, 0.25) is 0 Å². The lowest BCUT2D eigenvalue weighted by molar-refractivity contribution is 0.667. The predicted molar refractivity (Wildman–Crippen MR) is 257 cm³/mol. The number of benzene rings is 8. The zero-order valence-corrected chi connectivity index (χ0v) is 34.3. The van der Waals surface area contributed by atoms with E-state index in [-0.39, 0.29) is 0 Å². The van der Waals surface area contributed by atoms with E-state index in [1.165, 1.54) is 5.56 Å². The van der Waals surface area contributed by atoms with E-state index >= 15 is 0 Å². The van der Waals surface area contributed by atoms with Crippen LogP contribution in [0.1, 0.15) is 0 Å². The number of hydrogen-bond acceptors (Lipinski definition) is 7. The number of hydrogen-bond donors (Lipinski definition) is 0. The maximum Gasteiger partial charge on any atom is 0.238 e. The number of rotatable bonds is 6. The molecule has 8 heteroatoms. The molecule has 0 aliphatic heterocycles. The molecule has 0 bridgehead atoms. The molecular formula is C55H32N6OS. The zero-order valence-electron chi connectivity index (χ0n) is 33.5. The highest BCUT2D eigenvalue weighted by molar-refractivity contribution is 7.26. The largest absolute Gasteiger partial charge is 0.452 e. The molecule has 13 rings (SSSR count). The SMILES string of the molecule is c1ccc(-c2ccc3c(c2)c2ccccc2n3-c2nc(-c3ccccc3)nc(-c3ccc4c(c3)sc3c(-c5nc(-c6ccccc6)c6oc7ccccc7c6n5)cccc34)n2)cc1. The van der Waals surface area contributed by atoms with Gasteiger partial charge in [0.2, 0.25) is 5.95 Å². The van der Waals surface area contributed by atoms with Crippen molar-refractivity contribution in [2.45, 2.75) is 0 Å². The Balaban J connectivity index is 0.989. The minimum Gasteiger partial charge on any atom is -0.452 e. The molecule has 0 aliphatic rings. The van der Waals surface area contributed by atoms with Crippen LogP contribution in [0.15, 0.2) is 199 Å². The summed E-state index contributed by atoms with van der Waals surface area (Å²) in [6.45, 7) is 0. The van der Waals surface area contributed by atoms with Gasteiger partial charge in [0.05, 0.1) is 11.0 Å². The molecule has 63 heavy (non-hydrogen) atoms. The number of thiophene rings is 1. The molecule has 7 nitrogen and oxygen atoms in total. The van der Waals surface area contributed by atoms with Crippen LogP contribution in [-0.4, -0.2) is 29.5 Å². The summed E-state index contributed by atoms with van der Waals surface area (Å²) in [6, 6.07) is 66.9. The predicted octanol–water partition coefficient (Wildman–Crippen LogP) is 14.4. The van der Waals surface area contributed by atoms with Gasteiger partial charge >= 0.3 is 0 Å². The molecule has 0 saturated carbocycles. The highest BCUT2D eigenvalue weighted by atomic mass is 32.1. The Kier molecular flexibility index (Phi) is 7.94. The first-order valence-electron chi connectivity index (χ1n) is 20.8. The van der Waals surface area contributed by atoms with Gasteiger partial charge in [0.1, 0.15) is 16.8 Å². The second-order valence-corrected chi connectivity index (χ2v) is 16.7. The number of furan rings is 1. The van der Waals surface area contributed by atoms with Crippen LogP contribution in [0, 0.1) is 0 Å². The van der Waals surface area contributed by atoms with Gasteiger partial charge in [-0.3, -0.25) is 4.57 Å². The average Bonchev–Trinajstić information content (AvgIpc) is 4.03. The lowest BCUT2D eigenvalue weighted by Gasteiger charge is -2.11. The van der Waals surface area contributed by atoms with Crippen molar-refractivity contribution in [3.63, 3.8) is 0 Å². The van der Waals surface area contributed by atoms with Crippen molar-refractivity contribution in [2.24, 2.45) is 0 Å². The van der Waals surface area contributed by atoms with Gasteiger partial charge < -0.3 is 4.42 Å². The first-order valence-corrected chi connectivity index (χ1v) is 21.6. The molecule has 5 heterocycles. The van der Waals surface area contributed by atoms with Crippen molar-refractivity contribution in [1.82, 2.24) is 29.5 Å². The van der Waals surface area contributed by atoms with E-state index in [9.17, 15) is 0 Å². The maximum atomic E-state index is 6.41. The summed E-state index contributed by atoms with van der Waals surface area (Å²) in [5, 5.41) is 5.52. The quantitative estimate of drug-likeness (QED) is 0.166. The highest BCUT2D eigenvalue weighted by Crippen LogP contribution is 2.43. The molecule has 0 atom stereocenters. The van der Waals surface area contributed by atoms with Crippen LogP contribution in [-0.2, 0) is 0 Å². The van der Waals surface area contributed by atoms with Crippen LogP contribution in [0.5, 0.6) is 0 Å². The average molecular weight is 825 g/mol. The van der Waals surface area contributed by atoms with Crippen molar-refractivity contribution >= 4 is 75.4 Å². The maximum absolute atomic E-state index is 6.41. The molecule has 0 fully saturated rings. The highest BCUT2D eigenvalue weighted by Gasteiger charge is 2.22. The topological polar surface area (TPSA) is 82.5 Å². The summed E-state index contributed by atoms with van der Waals surface area (Å²) >= 11 is 1.73. The third-order valence-corrected chi connectivity index (χ3v) is 13.1. The van der Waals surface area contributed by atoms with Crippen molar-refractivity contribution in [2.75, 3.05) is 0 Å². The Hall–Kier alpha value is -8.33. The van der Waals surface area contributed by atoms with Gasteiger partial charge in [-0.25, -0.2) is 15.0 Å². The Morgan fingerprint density at radius 2 is 1.05 bits per heavy atom. The zero-order chi connectivity index (χ0) is 41.4. The molecule has 13 aromatic rings. The molecule has 0 aliphatic carbocycles. The monoisotopic (exact) mass is 824 g/mol. The van der Waals surface area contributed by atoms with Gasteiger partial charge in [-0.1, -0.05) is 152 Å². The van der Waals surface area contributed by atoms with E-state index in [1.807, 2.05) is 72.8 Å². The fraction of sp³-hybridized carbons (Fsp3) is 0. The van der Waals surface area contributed by atoms with E-state index < -0.39 is 0 Å². The fourth-order valence-corrected chi connectivity index (χ4v) is 10.2. The second-order valence-electron chi connectivity index (χ2n) is 15.6. The minimum atomic E-state index is 0.560. The number of para-hydroxylation sites is 2. The smallest absolute Gasteiger partial charge is 0.238 e. The van der Waals surface area contributed by atoms with Crippen molar-refractivity contribution < 1.29 is 4.42 Å². The van der Waals surface area contributed by atoms with Crippen LogP contribution in [0.3, 0.4) is 0 Å². The molecule has 0 amide bonds. The van der Waals surface area contributed by atoms with Gasteiger partial charge in [0, 0.05) is 58.6 Å². The van der Waals surface area contributed by atoms with Gasteiger partial charge in [0.25, 0.3) is 0 Å². The molecule has 0 spiro atoms. The summed E-state index contributed by atoms with van der Waals surface area (Å²) in [6.07, 6.45) is 0. The standard InChI is InChI=1S/C55H32N6OS/c1-4-15-33(16-5-1)36-28-30-45-43(31-36)38-21-10-12-25-44(38)61(45)55-59-52(35-19-8-3-9-20-35)58-53(60-55)37-27-29-39-40-23-14-24-42(51(40)63-47(39)32-37)54-56-48(34-17-6-2-7-18-34)50-49(57-54)41-22-11-13-26-46(41)62-50/h1-32H. The molecular weight excluding hydrogens is 793 g/mol. The molecule has 0 unspecified atom stereocenters. The van der Waals surface area contributed by atoms with Gasteiger partial charge in [0.15, 0.2) is 23.1 Å². The summed E-state index contributed by atoms with van der Waals surface area (Å²) in [7, 11) is 0. The number of fused-ring (bicyclic) bond motifs is 9. The summed E-state index contributed by atoms with van der Waals surface area (Å²) < 4.78 is 10.8. The number of nitrogens with zero attached hydrogens (tertiary/aromatic N) is 6. The lowest BCUT2D eigenvalue weighted by atomic mass is 10.0. The Morgan fingerprint density at radius 3 is 1.86 bits per heavy atom. The lowest BCUT2D eigenvalue weighted by Crippen LogP contribution is -2.06. The molecule has 8 aromatic carbocycles. The van der Waals surface area contributed by atoms with E-state index in [1.54, 1.807) is 11.3 Å². The third kappa shape index (κ3) is 5.76. The summed E-state index contributed by atoms with van der Waals surface area (Å²) in [4.78, 5) is 26.1. The molecule has 0 saturated heterocycles. The first-order chi connectivity index (χ1) is 31.2. The Bertz CT molecular complexity index is 3910. The van der Waals surface area contributed by atoms with E-state index in [2.05, 4.69) is 126 Å². The van der Waals surface area contributed by atoms with Crippen molar-refractivity contribution in [3.05, 3.63) is 194 Å². The second kappa shape index (κ2) is 14.1. The third-order valence-electron chi connectivity index (χ3n) is 11.9. The Morgan fingerprint density at radius 1 is 0.397 bits per heavy atom. The van der Waals surface area contributed by atoms with Crippen LogP contribution in [0.25, 0.3) is 127 Å². The minimum absolute atomic E-state index is 0.560. The van der Waals surface area contributed by atoms with E-state index in [4.69, 9.17) is 29.3 Å². The van der Waals surface area contributed by atoms with E-state index in [0.717, 1.165) is 92.0 Å². The van der Waals surface area contributed by atoms with Crippen LogP contribution < -0.4 is 0 Å². The molecule has 294 valence electrons. The number of aromatic nitrogens is 6. The molecule has 0 N–H and O–H groups in total. The normalized spacial score (nSPS) is 11.8. The summed E-state index contributed by atoms with van der Waals surface area (Å²) in [5.41, 5.74) is 11.2. The van der Waals surface area contributed by atoms with Crippen molar-refractivity contribution in [3.8, 4) is 62.5 Å².